The maximum atomic E-state index is 11.5. The van der Waals surface area contributed by atoms with Crippen LogP contribution in [0.4, 0.5) is 0 Å². The molecule has 6 unspecified atom stereocenters. The van der Waals surface area contributed by atoms with Gasteiger partial charge in [-0.05, 0) is 137 Å². The van der Waals surface area contributed by atoms with Crippen molar-refractivity contribution in [1.82, 2.24) is 0 Å². The van der Waals surface area contributed by atoms with Gasteiger partial charge >= 0.3 is 0 Å². The first kappa shape index (κ1) is 48.2. The minimum Gasteiger partial charge on any atom is -0.415 e. The van der Waals surface area contributed by atoms with Gasteiger partial charge in [0, 0.05) is 0 Å². The Hall–Kier alpha value is 1.08. The van der Waals surface area contributed by atoms with Gasteiger partial charge in [-0.1, -0.05) is 0 Å². The van der Waals surface area contributed by atoms with Gasteiger partial charge in [0.05, 0.1) is 13.2 Å². The lowest BCUT2D eigenvalue weighted by molar-refractivity contribution is -0.346. The van der Waals surface area contributed by atoms with Gasteiger partial charge in [-0.15, -0.1) is 0 Å². The molecule has 0 bridgehead atoms. The molecule has 0 radical (unpaired) electrons. The van der Waals surface area contributed by atoms with Gasteiger partial charge in [0.2, 0.25) is 0 Å². The molecule has 18 heteroatoms. The van der Waals surface area contributed by atoms with Crippen molar-refractivity contribution in [2.45, 2.75) is 199 Å². The van der Waals surface area contributed by atoms with Crippen molar-refractivity contribution in [3.63, 3.8) is 0 Å². The highest BCUT2D eigenvalue weighted by Gasteiger charge is 2.56. The van der Waals surface area contributed by atoms with Crippen molar-refractivity contribution >= 4 is 58.2 Å². The van der Waals surface area contributed by atoms with E-state index in [1.165, 1.54) is 0 Å². The Morgan fingerprint density at radius 1 is 0.373 bits per heavy atom. The van der Waals surface area contributed by atoms with Gasteiger partial charge in [-0.25, -0.2) is 0 Å². The average molecular weight is 848 g/mol. The first-order chi connectivity index (χ1) is 22.5. The van der Waals surface area contributed by atoms with Crippen molar-refractivity contribution in [3.05, 3.63) is 0 Å². The molecule has 0 amide bonds. The summed E-state index contributed by atoms with van der Waals surface area (Å²) in [4.78, 5) is 0. The van der Waals surface area contributed by atoms with E-state index in [0.717, 1.165) is 0 Å². The lowest BCUT2D eigenvalue weighted by atomic mass is 9.97. The molecular formula is C33H78O11Si7. The average Bonchev–Trinajstić information content (AvgIpc) is 2.84. The van der Waals surface area contributed by atoms with Gasteiger partial charge in [0.1, 0.15) is 48.8 Å². The van der Waals surface area contributed by atoms with E-state index in [0.29, 0.717) is 6.61 Å². The Morgan fingerprint density at radius 2 is 0.686 bits per heavy atom. The topological polar surface area (TPSA) is 113 Å². The second-order valence-corrected chi connectivity index (χ2v) is 52.4. The van der Waals surface area contributed by atoms with Crippen molar-refractivity contribution in [3.8, 4) is 0 Å². The predicted molar refractivity (Wildman–Crippen MR) is 224 cm³/mol. The van der Waals surface area contributed by atoms with E-state index >= 15 is 0 Å². The van der Waals surface area contributed by atoms with Gasteiger partial charge < -0.3 is 50.3 Å². The van der Waals surface area contributed by atoms with E-state index in [-0.39, 0.29) is 6.61 Å². The van der Waals surface area contributed by atoms with E-state index in [1.54, 1.807) is 0 Å². The zero-order valence-corrected chi connectivity index (χ0v) is 43.2. The molecule has 0 aromatic carbocycles. The summed E-state index contributed by atoms with van der Waals surface area (Å²) in [5.74, 6) is 0. The molecule has 2 aliphatic rings. The second-order valence-electron chi connectivity index (χ2n) is 21.0. The first-order valence-electron chi connectivity index (χ1n) is 18.8. The van der Waals surface area contributed by atoms with Crippen LogP contribution in [0.1, 0.15) is 0 Å². The molecule has 0 aromatic rings. The summed E-state index contributed by atoms with van der Waals surface area (Å²) >= 11 is 0. The second kappa shape index (κ2) is 17.7. The number of aliphatic hydroxyl groups excluding tert-OH is 1. The fourth-order valence-corrected chi connectivity index (χ4v) is 12.6. The highest BCUT2D eigenvalue weighted by atomic mass is 28.4. The summed E-state index contributed by atoms with van der Waals surface area (Å²) < 4.78 is 68.5. The predicted octanol–water partition coefficient (Wildman–Crippen LogP) is 7.62. The number of hydrogen-bond acceptors (Lipinski definition) is 11. The van der Waals surface area contributed by atoms with Crippen LogP contribution in [0.2, 0.25) is 137 Å². The van der Waals surface area contributed by atoms with Crippen LogP contribution in [0.3, 0.4) is 0 Å². The summed E-state index contributed by atoms with van der Waals surface area (Å²) in [6.07, 6.45) is -6.86. The van der Waals surface area contributed by atoms with Crippen LogP contribution >= 0.6 is 0 Å². The Labute approximate surface area is 319 Å². The number of rotatable bonds is 18. The van der Waals surface area contributed by atoms with Crippen molar-refractivity contribution < 1.29 is 50.3 Å². The molecule has 304 valence electrons. The summed E-state index contributed by atoms with van der Waals surface area (Å²) in [6.45, 7) is 45.9. The summed E-state index contributed by atoms with van der Waals surface area (Å²) in [6, 6.07) is 0. The maximum absolute atomic E-state index is 11.5. The molecule has 11 nitrogen and oxygen atoms in total. The van der Waals surface area contributed by atoms with Crippen LogP contribution in [-0.4, -0.2) is 138 Å². The standard InChI is InChI=1S/C33H78O11Si7/c1-45(2,3)35-22-24-26(28(41-48(10,11)12)30(32(34)37-24)43-50(16,17)18)39-33-31(44-51(19,20)21)29(42-49(13,14)15)27(40-47(7,8)9)25(38-33)23-36-46(4,5)6/h24-34H,22-23H2,1-21H3/t24?,25-,26?,27-,28?,29+,30?,31-,32?,33?/m1/s1. The lowest BCUT2D eigenvalue weighted by Gasteiger charge is -2.53. The van der Waals surface area contributed by atoms with Crippen molar-refractivity contribution in [2.75, 3.05) is 13.2 Å². The third kappa shape index (κ3) is 18.3. The van der Waals surface area contributed by atoms with Crippen LogP contribution in [-0.2, 0) is 45.2 Å². The number of hydrogen-bond donors (Lipinski definition) is 1. The van der Waals surface area contributed by atoms with E-state index in [4.69, 9.17) is 45.2 Å². The smallest absolute Gasteiger partial charge is 0.186 e. The molecule has 2 heterocycles. The van der Waals surface area contributed by atoms with Crippen molar-refractivity contribution in [1.29, 1.82) is 0 Å². The Kier molecular flexibility index (Phi) is 16.7. The third-order valence-corrected chi connectivity index (χ3v) is 14.3. The van der Waals surface area contributed by atoms with Crippen molar-refractivity contribution in [2.24, 2.45) is 0 Å². The molecule has 2 fully saturated rings. The highest BCUT2D eigenvalue weighted by Crippen LogP contribution is 2.38. The lowest BCUT2D eigenvalue weighted by Crippen LogP contribution is -2.69. The van der Waals surface area contributed by atoms with Gasteiger partial charge in [0.15, 0.2) is 70.8 Å². The maximum Gasteiger partial charge on any atom is 0.186 e. The molecule has 51 heavy (non-hydrogen) atoms. The molecular weight excluding hydrogens is 769 g/mol. The minimum absolute atomic E-state index is 0.229. The zero-order chi connectivity index (χ0) is 39.8. The Morgan fingerprint density at radius 3 is 1.06 bits per heavy atom. The summed E-state index contributed by atoms with van der Waals surface area (Å²) in [5.41, 5.74) is 0. The van der Waals surface area contributed by atoms with Crippen LogP contribution < -0.4 is 0 Å². The molecule has 2 aliphatic heterocycles. The number of aliphatic hydroxyl groups is 1. The normalized spacial score (nSPS) is 32.4. The summed E-state index contributed by atoms with van der Waals surface area (Å²) in [7, 11) is -14.9. The monoisotopic (exact) mass is 846 g/mol. The zero-order valence-electron chi connectivity index (χ0n) is 36.2. The minimum atomic E-state index is -2.23. The molecule has 2 saturated heterocycles. The SMILES string of the molecule is C[Si](C)(C)OCC1OC(O)C(O[Si](C)(C)C)C(O[Si](C)(C)C)C1OC1O[C@H](CO[Si](C)(C)C)[C@@H](O[Si](C)(C)C)[C@H](O[Si](C)(C)C)[C@H]1O[Si](C)(C)C. The molecule has 1 N–H and O–H groups in total. The molecule has 2 rings (SSSR count). The van der Waals surface area contributed by atoms with Crippen LogP contribution in [0, 0.1) is 0 Å². The van der Waals surface area contributed by atoms with E-state index in [9.17, 15) is 5.11 Å². The van der Waals surface area contributed by atoms with Gasteiger partial charge in [-0.2, -0.15) is 0 Å². The van der Waals surface area contributed by atoms with Gasteiger partial charge in [0.25, 0.3) is 0 Å². The highest BCUT2D eigenvalue weighted by molar-refractivity contribution is 6.72. The van der Waals surface area contributed by atoms with Crippen LogP contribution in [0.25, 0.3) is 0 Å². The van der Waals surface area contributed by atoms with Crippen LogP contribution in [0.15, 0.2) is 0 Å². The molecule has 10 atom stereocenters. The Balaban J connectivity index is 2.83. The summed E-state index contributed by atoms with van der Waals surface area (Å²) in [5, 5.41) is 11.5. The first-order valence-corrected chi connectivity index (χ1v) is 42.7. The molecule has 0 aliphatic carbocycles. The fourth-order valence-electron chi connectivity index (χ4n) is 5.84. The molecule has 0 saturated carbocycles. The molecule has 0 aromatic heterocycles. The Bertz CT molecular complexity index is 1070. The van der Waals surface area contributed by atoms with E-state index in [2.05, 4.69) is 137 Å². The van der Waals surface area contributed by atoms with E-state index in [1.807, 2.05) is 0 Å². The van der Waals surface area contributed by atoms with Crippen LogP contribution in [0.5, 0.6) is 0 Å². The van der Waals surface area contributed by atoms with Gasteiger partial charge in [-0.3, -0.25) is 0 Å². The number of ether oxygens (including phenoxy) is 3. The third-order valence-electron chi connectivity index (χ3n) is 7.30. The fraction of sp³-hybridized carbons (Fsp3) is 1.00. The quantitative estimate of drug-likeness (QED) is 0.138. The largest absolute Gasteiger partial charge is 0.415 e. The molecule has 0 spiro atoms. The van der Waals surface area contributed by atoms with E-state index < -0.39 is 120 Å².